The van der Waals surface area contributed by atoms with Crippen LogP contribution in [0.5, 0.6) is 0 Å². The first-order chi connectivity index (χ1) is 9.79. The quantitative estimate of drug-likeness (QED) is 0.845. The van der Waals surface area contributed by atoms with Gasteiger partial charge in [-0.2, -0.15) is 0 Å². The van der Waals surface area contributed by atoms with Crippen molar-refractivity contribution >= 4 is 17.4 Å². The zero-order valence-corrected chi connectivity index (χ0v) is 12.5. The number of nitrogens with one attached hydrogen (secondary N) is 2. The Hall–Kier alpha value is -2.21. The average Bonchev–Trinajstić information content (AvgIpc) is 2.35. The number of ketones is 1. The Morgan fingerprint density at radius 3 is 2.48 bits per heavy atom. The molecule has 0 saturated carbocycles. The molecule has 0 atom stereocenters. The van der Waals surface area contributed by atoms with E-state index in [0.717, 1.165) is 0 Å². The average molecular weight is 308 g/mol. The first-order valence-electron chi connectivity index (χ1n) is 6.35. The van der Waals surface area contributed by atoms with E-state index < -0.39 is 17.0 Å². The summed E-state index contributed by atoms with van der Waals surface area (Å²) in [5, 5.41) is 0.365. The minimum Gasteiger partial charge on any atom is -0.304 e. The molecule has 0 amide bonds. The van der Waals surface area contributed by atoms with Crippen LogP contribution in [-0.2, 0) is 0 Å². The van der Waals surface area contributed by atoms with Crippen LogP contribution in [0.3, 0.4) is 0 Å². The van der Waals surface area contributed by atoms with Gasteiger partial charge in [0, 0.05) is 16.3 Å². The monoisotopic (exact) mass is 307 g/mol. The Bertz CT molecular complexity index is 801. The Kier molecular flexibility index (Phi) is 4.09. The lowest BCUT2D eigenvalue weighted by Gasteiger charge is -2.10. The molecule has 2 aromatic rings. The summed E-state index contributed by atoms with van der Waals surface area (Å²) in [6.07, 6.45) is 0. The maximum atomic E-state index is 12.5. The molecule has 6 nitrogen and oxygen atoms in total. The van der Waals surface area contributed by atoms with Gasteiger partial charge in [0.05, 0.1) is 0 Å². The Balaban J connectivity index is 2.68. The number of aromatic amines is 2. The summed E-state index contributed by atoms with van der Waals surface area (Å²) in [4.78, 5) is 44.5. The number of pyridine rings is 1. The highest BCUT2D eigenvalue weighted by molar-refractivity contribution is 6.31. The SMILES string of the molecule is Cc1cc(Cl)cc(C(=O)c2[nH]c(=O)[nH]c(=O)c2C(C)C)n1. The van der Waals surface area contributed by atoms with Crippen LogP contribution < -0.4 is 11.2 Å². The highest BCUT2D eigenvalue weighted by atomic mass is 35.5. The molecule has 0 aliphatic carbocycles. The lowest BCUT2D eigenvalue weighted by atomic mass is 9.99. The Labute approximate surface area is 125 Å². The van der Waals surface area contributed by atoms with Gasteiger partial charge in [-0.15, -0.1) is 0 Å². The number of carbonyl (C=O) groups excluding carboxylic acids is 1. The molecule has 2 aromatic heterocycles. The first-order valence-corrected chi connectivity index (χ1v) is 6.72. The van der Waals surface area contributed by atoms with E-state index in [0.29, 0.717) is 10.7 Å². The van der Waals surface area contributed by atoms with E-state index in [4.69, 9.17) is 11.6 Å². The van der Waals surface area contributed by atoms with E-state index in [1.165, 1.54) is 6.07 Å². The number of hydrogen-bond acceptors (Lipinski definition) is 4. The largest absolute Gasteiger partial charge is 0.326 e. The minimum absolute atomic E-state index is 0.0482. The summed E-state index contributed by atoms with van der Waals surface area (Å²) in [6, 6.07) is 3.02. The number of hydrogen-bond donors (Lipinski definition) is 2. The lowest BCUT2D eigenvalue weighted by Crippen LogP contribution is -2.31. The summed E-state index contributed by atoms with van der Waals surface area (Å²) in [7, 11) is 0. The second kappa shape index (κ2) is 5.65. The van der Waals surface area contributed by atoms with E-state index in [1.807, 2.05) is 0 Å². The van der Waals surface area contributed by atoms with Crippen molar-refractivity contribution in [3.63, 3.8) is 0 Å². The molecular weight excluding hydrogens is 294 g/mol. The van der Waals surface area contributed by atoms with Crippen LogP contribution in [0.15, 0.2) is 21.7 Å². The van der Waals surface area contributed by atoms with Crippen molar-refractivity contribution in [2.24, 2.45) is 0 Å². The fraction of sp³-hybridized carbons (Fsp3) is 0.286. The molecule has 0 aliphatic heterocycles. The fourth-order valence-electron chi connectivity index (χ4n) is 2.10. The molecule has 0 fully saturated rings. The van der Waals surface area contributed by atoms with Gasteiger partial charge in [-0.3, -0.25) is 14.6 Å². The van der Waals surface area contributed by atoms with Gasteiger partial charge in [0.15, 0.2) is 0 Å². The Morgan fingerprint density at radius 2 is 1.90 bits per heavy atom. The summed E-state index contributed by atoms with van der Waals surface area (Å²) in [5.41, 5.74) is -0.471. The summed E-state index contributed by atoms with van der Waals surface area (Å²) < 4.78 is 0. The zero-order valence-electron chi connectivity index (χ0n) is 11.8. The lowest BCUT2D eigenvalue weighted by molar-refractivity contribution is 0.102. The van der Waals surface area contributed by atoms with Crippen molar-refractivity contribution in [3.05, 3.63) is 60.6 Å². The van der Waals surface area contributed by atoms with Crippen LogP contribution in [0.4, 0.5) is 0 Å². The molecule has 21 heavy (non-hydrogen) atoms. The van der Waals surface area contributed by atoms with Crippen LogP contribution in [0.2, 0.25) is 5.02 Å². The van der Waals surface area contributed by atoms with Crippen LogP contribution in [0.1, 0.15) is 47.2 Å². The van der Waals surface area contributed by atoms with Gasteiger partial charge >= 0.3 is 5.69 Å². The van der Waals surface area contributed by atoms with Crippen molar-refractivity contribution in [2.45, 2.75) is 26.7 Å². The normalized spacial score (nSPS) is 10.9. The first kappa shape index (κ1) is 15.2. The summed E-state index contributed by atoms with van der Waals surface area (Å²) in [6.45, 7) is 5.22. The molecule has 2 heterocycles. The second-order valence-electron chi connectivity index (χ2n) is 4.99. The third kappa shape index (κ3) is 3.11. The smallest absolute Gasteiger partial charge is 0.304 e. The van der Waals surface area contributed by atoms with Crippen LogP contribution in [-0.4, -0.2) is 20.7 Å². The van der Waals surface area contributed by atoms with Gasteiger partial charge in [0.2, 0.25) is 5.78 Å². The number of carbonyl (C=O) groups is 1. The van der Waals surface area contributed by atoms with Crippen LogP contribution >= 0.6 is 11.6 Å². The van der Waals surface area contributed by atoms with Crippen molar-refractivity contribution in [1.82, 2.24) is 15.0 Å². The molecule has 7 heteroatoms. The molecule has 0 aromatic carbocycles. The van der Waals surface area contributed by atoms with E-state index in [9.17, 15) is 14.4 Å². The molecule has 0 bridgehead atoms. The van der Waals surface area contributed by atoms with Gasteiger partial charge in [-0.1, -0.05) is 25.4 Å². The predicted molar refractivity (Wildman–Crippen MR) is 79.2 cm³/mol. The van der Waals surface area contributed by atoms with Gasteiger partial charge in [0.1, 0.15) is 11.4 Å². The van der Waals surface area contributed by atoms with Crippen LogP contribution in [0, 0.1) is 6.92 Å². The van der Waals surface area contributed by atoms with E-state index in [2.05, 4.69) is 15.0 Å². The van der Waals surface area contributed by atoms with Crippen molar-refractivity contribution in [1.29, 1.82) is 0 Å². The molecular formula is C14H14ClN3O3. The molecule has 0 radical (unpaired) electrons. The van der Waals surface area contributed by atoms with Gasteiger partial charge in [-0.05, 0) is 25.0 Å². The standard InChI is InChI=1S/C14H14ClN3O3/c1-6(2)10-11(17-14(21)18-13(10)20)12(19)9-5-8(15)4-7(3)16-9/h4-6H,1-3H3,(H2,17,18,20,21). The van der Waals surface area contributed by atoms with Crippen molar-refractivity contribution < 1.29 is 4.79 Å². The summed E-state index contributed by atoms with van der Waals surface area (Å²) >= 11 is 5.91. The molecule has 0 unspecified atom stereocenters. The number of aromatic nitrogens is 3. The molecule has 110 valence electrons. The Morgan fingerprint density at radius 1 is 1.24 bits per heavy atom. The van der Waals surface area contributed by atoms with Crippen molar-refractivity contribution in [3.8, 4) is 0 Å². The van der Waals surface area contributed by atoms with E-state index in [1.54, 1.807) is 26.8 Å². The molecule has 2 N–H and O–H groups in total. The second-order valence-corrected chi connectivity index (χ2v) is 5.43. The number of H-pyrrole nitrogens is 2. The van der Waals surface area contributed by atoms with Gasteiger partial charge < -0.3 is 4.98 Å². The van der Waals surface area contributed by atoms with Gasteiger partial charge in [0.25, 0.3) is 5.56 Å². The highest BCUT2D eigenvalue weighted by Crippen LogP contribution is 2.18. The number of halogens is 1. The molecule has 0 spiro atoms. The molecule has 2 rings (SSSR count). The number of aryl methyl sites for hydroxylation is 1. The minimum atomic E-state index is -0.730. The third-order valence-corrected chi connectivity index (χ3v) is 3.15. The van der Waals surface area contributed by atoms with Gasteiger partial charge in [-0.25, -0.2) is 9.78 Å². The van der Waals surface area contributed by atoms with Crippen LogP contribution in [0.25, 0.3) is 0 Å². The predicted octanol–water partition coefficient (Wildman–Crippen LogP) is 1.77. The van der Waals surface area contributed by atoms with E-state index in [-0.39, 0.29) is 22.9 Å². The number of rotatable bonds is 3. The van der Waals surface area contributed by atoms with Crippen molar-refractivity contribution in [2.75, 3.05) is 0 Å². The third-order valence-electron chi connectivity index (χ3n) is 2.93. The maximum absolute atomic E-state index is 12.5. The van der Waals surface area contributed by atoms with E-state index >= 15 is 0 Å². The zero-order chi connectivity index (χ0) is 15.7. The molecule has 0 aliphatic rings. The fourth-order valence-corrected chi connectivity index (χ4v) is 2.36. The summed E-state index contributed by atoms with van der Waals surface area (Å²) in [5.74, 6) is -0.766. The topological polar surface area (TPSA) is 95.7 Å². The number of nitrogens with zero attached hydrogens (tertiary/aromatic N) is 1. The maximum Gasteiger partial charge on any atom is 0.326 e. The molecule has 0 saturated heterocycles. The highest BCUT2D eigenvalue weighted by Gasteiger charge is 2.21.